The Labute approximate surface area is 266 Å². The van der Waals surface area contributed by atoms with E-state index in [0.29, 0.717) is 52.9 Å². The molecule has 5 rings (SSSR count). The number of nitrogens with two attached hydrogens (primary N) is 1. The zero-order valence-electron chi connectivity index (χ0n) is 25.5. The topological polar surface area (TPSA) is 158 Å². The van der Waals surface area contributed by atoms with Gasteiger partial charge in [0.1, 0.15) is 30.5 Å². The van der Waals surface area contributed by atoms with Crippen molar-refractivity contribution in [2.75, 3.05) is 13.2 Å². The fraction of sp³-hybridized carbons (Fsp3) is 0.171. The van der Waals surface area contributed by atoms with Gasteiger partial charge in [-0.15, -0.1) is 0 Å². The van der Waals surface area contributed by atoms with Gasteiger partial charge in [0.25, 0.3) is 0 Å². The van der Waals surface area contributed by atoms with E-state index in [4.69, 9.17) is 30.1 Å². The van der Waals surface area contributed by atoms with Gasteiger partial charge < -0.3 is 24.7 Å². The van der Waals surface area contributed by atoms with Crippen LogP contribution in [0.15, 0.2) is 102 Å². The third-order valence-electron chi connectivity index (χ3n) is 6.80. The van der Waals surface area contributed by atoms with E-state index < -0.39 is 6.16 Å². The van der Waals surface area contributed by atoms with E-state index >= 15 is 0 Å². The van der Waals surface area contributed by atoms with Crippen LogP contribution in [0, 0.1) is 5.41 Å². The van der Waals surface area contributed by atoms with Crippen LogP contribution < -0.4 is 15.2 Å². The third kappa shape index (κ3) is 7.94. The summed E-state index contributed by atoms with van der Waals surface area (Å²) in [6.45, 7) is 4.74. The van der Waals surface area contributed by atoms with Crippen LogP contribution in [0.1, 0.15) is 36.1 Å². The molecule has 0 radical (unpaired) electrons. The van der Waals surface area contributed by atoms with Crippen molar-refractivity contribution in [3.05, 3.63) is 119 Å². The molecule has 4 aromatic carbocycles. The summed E-state index contributed by atoms with van der Waals surface area (Å²) < 4.78 is 22.0. The highest BCUT2D eigenvalue weighted by Crippen LogP contribution is 2.26. The van der Waals surface area contributed by atoms with Gasteiger partial charge in [0, 0.05) is 33.4 Å². The molecule has 0 aliphatic heterocycles. The van der Waals surface area contributed by atoms with Gasteiger partial charge in [-0.05, 0) is 38.1 Å². The quantitative estimate of drug-likeness (QED) is 0.0810. The lowest BCUT2D eigenvalue weighted by Gasteiger charge is -2.12. The maximum atomic E-state index is 12.6. The number of amidine groups is 2. The lowest BCUT2D eigenvalue weighted by molar-refractivity contribution is 0.0447. The first-order valence-corrected chi connectivity index (χ1v) is 14.7. The lowest BCUT2D eigenvalue weighted by atomic mass is 10.1. The number of carbonyl (C=O) groups is 1. The summed E-state index contributed by atoms with van der Waals surface area (Å²) >= 11 is 0. The molecule has 5 aromatic rings. The molecular formula is C35H34N6O5. The molecule has 11 heteroatoms. The van der Waals surface area contributed by atoms with Crippen molar-refractivity contribution in [2.45, 2.75) is 27.1 Å². The number of aliphatic imine (C=N–C) groups is 1. The first-order valence-electron chi connectivity index (χ1n) is 14.7. The standard InChI is InChI=1S/C35H34N6O5/c1-3-43-27-15-9-13-23(19-27)31(36)38-32(37)29-17-7-5-11-25(29)21-45-35(42)46-22-26-12-6-8-18-30(26)34-39-33(40-41-34)24-14-10-16-28(20-24)44-4-2/h5-20H,3-4,21-22H2,1-2H3,(H3,36,37,38)(H,39,40,41). The Hall–Kier alpha value is -5.97. The van der Waals surface area contributed by atoms with Crippen LogP contribution in [0.5, 0.6) is 11.5 Å². The van der Waals surface area contributed by atoms with Gasteiger partial charge in [-0.3, -0.25) is 10.5 Å². The van der Waals surface area contributed by atoms with Crippen molar-refractivity contribution in [1.82, 2.24) is 15.2 Å². The van der Waals surface area contributed by atoms with Crippen molar-refractivity contribution in [1.29, 1.82) is 5.41 Å². The number of aromatic nitrogens is 3. The summed E-state index contributed by atoms with van der Waals surface area (Å²) in [6.07, 6.45) is -0.855. The lowest BCUT2D eigenvalue weighted by Crippen LogP contribution is -2.19. The van der Waals surface area contributed by atoms with Crippen molar-refractivity contribution in [3.63, 3.8) is 0 Å². The second-order valence-electron chi connectivity index (χ2n) is 9.92. The number of hydrogen-bond donors (Lipinski definition) is 3. The van der Waals surface area contributed by atoms with Crippen LogP contribution in [0.3, 0.4) is 0 Å². The van der Waals surface area contributed by atoms with Gasteiger partial charge in [-0.25, -0.2) is 14.8 Å². The molecule has 4 N–H and O–H groups in total. The smallest absolute Gasteiger partial charge is 0.494 e. The fourth-order valence-electron chi connectivity index (χ4n) is 4.64. The molecule has 0 saturated heterocycles. The highest BCUT2D eigenvalue weighted by atomic mass is 16.7. The monoisotopic (exact) mass is 618 g/mol. The SMILES string of the molecule is CCOc1cccc(C(=N)N=C(N)c2ccccc2COC(=O)OCc2ccccc2-c2nc(-c3cccc(OCC)c3)n[nH]2)c1. The number of rotatable bonds is 12. The minimum atomic E-state index is -0.855. The van der Waals surface area contributed by atoms with Gasteiger partial charge in [-0.2, -0.15) is 5.10 Å². The summed E-state index contributed by atoms with van der Waals surface area (Å²) in [5.74, 6) is 2.52. The second kappa shape index (κ2) is 15.2. The molecule has 0 bridgehead atoms. The molecule has 0 saturated carbocycles. The van der Waals surface area contributed by atoms with Crippen molar-refractivity contribution in [3.8, 4) is 34.3 Å². The molecule has 0 atom stereocenters. The molecule has 0 amide bonds. The van der Waals surface area contributed by atoms with E-state index in [0.717, 1.165) is 16.9 Å². The minimum Gasteiger partial charge on any atom is -0.494 e. The van der Waals surface area contributed by atoms with Gasteiger partial charge in [-0.1, -0.05) is 72.8 Å². The third-order valence-corrected chi connectivity index (χ3v) is 6.80. The zero-order valence-corrected chi connectivity index (χ0v) is 25.5. The van der Waals surface area contributed by atoms with E-state index in [1.54, 1.807) is 42.5 Å². The molecule has 0 fully saturated rings. The number of ether oxygens (including phenoxy) is 4. The number of H-pyrrole nitrogens is 1. The Balaban J connectivity index is 1.22. The molecule has 0 aliphatic rings. The van der Waals surface area contributed by atoms with E-state index in [1.807, 2.05) is 68.4 Å². The van der Waals surface area contributed by atoms with Crippen LogP contribution in [0.2, 0.25) is 0 Å². The first-order chi connectivity index (χ1) is 22.4. The van der Waals surface area contributed by atoms with Gasteiger partial charge in [0.15, 0.2) is 17.5 Å². The van der Waals surface area contributed by atoms with Crippen molar-refractivity contribution >= 4 is 17.8 Å². The minimum absolute atomic E-state index is 0.0224. The Morgan fingerprint density at radius 1 is 0.826 bits per heavy atom. The average molecular weight is 619 g/mol. The number of benzene rings is 4. The fourth-order valence-corrected chi connectivity index (χ4v) is 4.64. The number of nitrogens with zero attached hydrogens (tertiary/aromatic N) is 3. The van der Waals surface area contributed by atoms with E-state index in [-0.39, 0.29) is 24.9 Å². The molecule has 1 heterocycles. The number of aromatic amines is 1. The van der Waals surface area contributed by atoms with E-state index in [1.165, 1.54) is 0 Å². The summed E-state index contributed by atoms with van der Waals surface area (Å²) in [5, 5.41) is 15.8. The molecule has 0 unspecified atom stereocenters. The maximum absolute atomic E-state index is 12.6. The molecule has 46 heavy (non-hydrogen) atoms. The molecule has 11 nitrogen and oxygen atoms in total. The number of hydrogen-bond acceptors (Lipinski definition) is 8. The van der Waals surface area contributed by atoms with Crippen LogP contribution in [0.25, 0.3) is 22.8 Å². The predicted molar refractivity (Wildman–Crippen MR) is 175 cm³/mol. The van der Waals surface area contributed by atoms with Crippen LogP contribution >= 0.6 is 0 Å². The molecular weight excluding hydrogens is 584 g/mol. The Morgan fingerprint density at radius 2 is 1.48 bits per heavy atom. The average Bonchev–Trinajstić information content (AvgIpc) is 3.58. The van der Waals surface area contributed by atoms with Crippen molar-refractivity contribution < 1.29 is 23.7 Å². The largest absolute Gasteiger partial charge is 0.508 e. The first kappa shape index (κ1) is 31.5. The zero-order chi connectivity index (χ0) is 32.3. The number of nitrogens with one attached hydrogen (secondary N) is 2. The Morgan fingerprint density at radius 3 is 2.24 bits per heavy atom. The maximum Gasteiger partial charge on any atom is 0.508 e. The van der Waals surface area contributed by atoms with Gasteiger partial charge in [0.2, 0.25) is 0 Å². The van der Waals surface area contributed by atoms with Crippen LogP contribution in [-0.2, 0) is 22.7 Å². The summed E-state index contributed by atoms with van der Waals surface area (Å²) in [7, 11) is 0. The van der Waals surface area contributed by atoms with Gasteiger partial charge in [0.05, 0.1) is 13.2 Å². The second-order valence-corrected chi connectivity index (χ2v) is 9.92. The van der Waals surface area contributed by atoms with Crippen molar-refractivity contribution in [2.24, 2.45) is 10.7 Å². The highest BCUT2D eigenvalue weighted by molar-refractivity contribution is 6.10. The number of carbonyl (C=O) groups excluding carboxylic acids is 1. The van der Waals surface area contributed by atoms with E-state index in [2.05, 4.69) is 20.2 Å². The Bertz CT molecular complexity index is 1850. The van der Waals surface area contributed by atoms with Crippen LogP contribution in [-0.4, -0.2) is 46.2 Å². The summed E-state index contributed by atoms with van der Waals surface area (Å²) in [5.41, 5.74) is 10.3. The normalized spacial score (nSPS) is 11.1. The van der Waals surface area contributed by atoms with Crippen LogP contribution in [0.4, 0.5) is 4.79 Å². The summed E-state index contributed by atoms with van der Waals surface area (Å²) in [6, 6.07) is 29.2. The predicted octanol–water partition coefficient (Wildman–Crippen LogP) is 6.52. The molecule has 234 valence electrons. The highest BCUT2D eigenvalue weighted by Gasteiger charge is 2.15. The van der Waals surface area contributed by atoms with Gasteiger partial charge >= 0.3 is 6.16 Å². The van der Waals surface area contributed by atoms with E-state index in [9.17, 15) is 4.79 Å². The Kier molecular flexibility index (Phi) is 10.4. The summed E-state index contributed by atoms with van der Waals surface area (Å²) in [4.78, 5) is 21.6. The molecule has 0 spiro atoms. The molecule has 1 aromatic heterocycles. The molecule has 0 aliphatic carbocycles.